The van der Waals surface area contributed by atoms with Crippen molar-refractivity contribution in [3.63, 3.8) is 0 Å². The van der Waals surface area contributed by atoms with Crippen LogP contribution in [0.5, 0.6) is 0 Å². The lowest BCUT2D eigenvalue weighted by molar-refractivity contribution is -0.138. The summed E-state index contributed by atoms with van der Waals surface area (Å²) in [6, 6.07) is 6.77. The van der Waals surface area contributed by atoms with Crippen molar-refractivity contribution in [3.05, 3.63) is 54.1 Å². The van der Waals surface area contributed by atoms with Crippen LogP contribution in [0.25, 0.3) is 0 Å². The number of hydrogen-bond acceptors (Lipinski definition) is 3. The third kappa shape index (κ3) is 2.95. The molecule has 0 fully saturated rings. The largest absolute Gasteiger partial charge is 0.480 e. The van der Waals surface area contributed by atoms with Crippen LogP contribution in [0.15, 0.2) is 42.9 Å². The third-order valence-corrected chi connectivity index (χ3v) is 2.75. The van der Waals surface area contributed by atoms with Gasteiger partial charge >= 0.3 is 5.97 Å². The number of hydrogen-bond donors (Lipinski definition) is 2. The molecule has 94 valence electrons. The van der Waals surface area contributed by atoms with Crippen molar-refractivity contribution in [3.8, 4) is 0 Å². The number of nitrogens with zero attached hydrogens (tertiary/aromatic N) is 2. The molecule has 2 rings (SSSR count). The lowest BCUT2D eigenvalue weighted by Gasteiger charge is -2.11. The maximum Gasteiger partial charge on any atom is 0.320 e. The molecule has 2 aromatic heterocycles. The minimum atomic E-state index is -0.982. The van der Waals surface area contributed by atoms with Crippen LogP contribution in [0.1, 0.15) is 11.3 Å². The summed E-state index contributed by atoms with van der Waals surface area (Å²) in [6.07, 6.45) is 5.75. The molecule has 1 atom stereocenters. The van der Waals surface area contributed by atoms with Crippen LogP contribution in [0, 0.1) is 0 Å². The van der Waals surface area contributed by atoms with Crippen LogP contribution >= 0.6 is 0 Å². The molecule has 5 heteroatoms. The maximum absolute atomic E-state index is 10.8. The lowest BCUT2D eigenvalue weighted by atomic mass is 10.1. The van der Waals surface area contributed by atoms with Gasteiger partial charge in [-0.05, 0) is 23.8 Å². The van der Waals surface area contributed by atoms with E-state index in [4.69, 9.17) is 10.8 Å². The molecule has 0 spiro atoms. The summed E-state index contributed by atoms with van der Waals surface area (Å²) in [7, 11) is 0. The second-order valence-corrected chi connectivity index (χ2v) is 4.14. The third-order valence-electron chi connectivity index (χ3n) is 2.75. The molecule has 0 amide bonds. The predicted molar refractivity (Wildman–Crippen MR) is 67.1 cm³/mol. The monoisotopic (exact) mass is 245 g/mol. The molecule has 0 aliphatic rings. The zero-order valence-electron chi connectivity index (χ0n) is 9.86. The summed E-state index contributed by atoms with van der Waals surface area (Å²) in [5, 5.41) is 8.82. The van der Waals surface area contributed by atoms with Gasteiger partial charge in [-0.25, -0.2) is 0 Å². The molecule has 5 nitrogen and oxygen atoms in total. The first-order chi connectivity index (χ1) is 8.66. The Kier molecular flexibility index (Phi) is 3.74. The Balaban J connectivity index is 2.11. The number of aromatic nitrogens is 2. The fraction of sp³-hybridized carbons (Fsp3) is 0.231. The van der Waals surface area contributed by atoms with Gasteiger partial charge in [0.25, 0.3) is 0 Å². The predicted octanol–water partition coefficient (Wildman–Crippen LogP) is 0.886. The van der Waals surface area contributed by atoms with Gasteiger partial charge in [0, 0.05) is 37.3 Å². The first-order valence-electron chi connectivity index (χ1n) is 5.68. The second-order valence-electron chi connectivity index (χ2n) is 4.14. The molecule has 3 N–H and O–H groups in total. The smallest absolute Gasteiger partial charge is 0.320 e. The van der Waals surface area contributed by atoms with Gasteiger partial charge in [-0.2, -0.15) is 0 Å². The standard InChI is InChI=1S/C13H15N3O2/c14-12(13(17)18)7-11-4-2-6-16(11)9-10-3-1-5-15-8-10/h1-6,8,12H,7,9,14H2,(H,17,18). The van der Waals surface area contributed by atoms with Gasteiger partial charge in [0.2, 0.25) is 0 Å². The molecule has 0 saturated heterocycles. The average Bonchev–Trinajstić information content (AvgIpc) is 2.78. The number of nitrogens with two attached hydrogens (primary N) is 1. The summed E-state index contributed by atoms with van der Waals surface area (Å²) in [5.41, 5.74) is 7.52. The summed E-state index contributed by atoms with van der Waals surface area (Å²) >= 11 is 0. The summed E-state index contributed by atoms with van der Waals surface area (Å²) < 4.78 is 1.99. The van der Waals surface area contributed by atoms with Gasteiger partial charge in [0.1, 0.15) is 6.04 Å². The van der Waals surface area contributed by atoms with Crippen LogP contribution in [0.3, 0.4) is 0 Å². The van der Waals surface area contributed by atoms with Gasteiger partial charge in [-0.3, -0.25) is 9.78 Å². The van der Waals surface area contributed by atoms with Crippen LogP contribution in [-0.2, 0) is 17.8 Å². The first kappa shape index (κ1) is 12.3. The fourth-order valence-corrected chi connectivity index (χ4v) is 1.79. The molecular weight excluding hydrogens is 230 g/mol. The quantitative estimate of drug-likeness (QED) is 0.819. The van der Waals surface area contributed by atoms with Crippen molar-refractivity contribution >= 4 is 5.97 Å². The van der Waals surface area contributed by atoms with Gasteiger partial charge in [0.05, 0.1) is 0 Å². The van der Waals surface area contributed by atoms with Crippen molar-refractivity contribution in [2.45, 2.75) is 19.0 Å². The lowest BCUT2D eigenvalue weighted by Crippen LogP contribution is -2.33. The minimum absolute atomic E-state index is 0.322. The van der Waals surface area contributed by atoms with Crippen LogP contribution in [-0.4, -0.2) is 26.7 Å². The average molecular weight is 245 g/mol. The van der Waals surface area contributed by atoms with E-state index >= 15 is 0 Å². The Hall–Kier alpha value is -2.14. The molecule has 0 aromatic carbocycles. The Bertz CT molecular complexity index is 522. The highest BCUT2D eigenvalue weighted by Gasteiger charge is 2.14. The highest BCUT2D eigenvalue weighted by Crippen LogP contribution is 2.09. The molecule has 0 radical (unpaired) electrons. The molecule has 0 aliphatic carbocycles. The Morgan fingerprint density at radius 3 is 2.94 bits per heavy atom. The van der Waals surface area contributed by atoms with Crippen molar-refractivity contribution < 1.29 is 9.90 Å². The van der Waals surface area contributed by atoms with Crippen molar-refractivity contribution in [2.75, 3.05) is 0 Å². The number of carboxylic acids is 1. The number of carbonyl (C=O) groups is 1. The van der Waals surface area contributed by atoms with Crippen LogP contribution < -0.4 is 5.73 Å². The summed E-state index contributed by atoms with van der Waals surface area (Å²) in [5.74, 6) is -0.982. The maximum atomic E-state index is 10.8. The second kappa shape index (κ2) is 5.46. The van der Waals surface area contributed by atoms with E-state index in [1.807, 2.05) is 35.0 Å². The van der Waals surface area contributed by atoms with Crippen LogP contribution in [0.4, 0.5) is 0 Å². The zero-order valence-corrected chi connectivity index (χ0v) is 9.86. The van der Waals surface area contributed by atoms with E-state index in [0.29, 0.717) is 13.0 Å². The molecule has 0 saturated carbocycles. The highest BCUT2D eigenvalue weighted by molar-refractivity contribution is 5.73. The molecular formula is C13H15N3O2. The van der Waals surface area contributed by atoms with E-state index in [1.165, 1.54) is 0 Å². The van der Waals surface area contributed by atoms with Crippen molar-refractivity contribution in [1.82, 2.24) is 9.55 Å². The van der Waals surface area contributed by atoms with Crippen molar-refractivity contribution in [1.29, 1.82) is 0 Å². The molecule has 18 heavy (non-hydrogen) atoms. The van der Waals surface area contributed by atoms with E-state index in [-0.39, 0.29) is 0 Å². The van der Waals surface area contributed by atoms with Crippen LogP contribution in [0.2, 0.25) is 0 Å². The molecule has 1 unspecified atom stereocenters. The van der Waals surface area contributed by atoms with Crippen molar-refractivity contribution in [2.24, 2.45) is 5.73 Å². The SMILES string of the molecule is NC(Cc1cccn1Cc1cccnc1)C(=O)O. The number of aliphatic carboxylic acids is 1. The van der Waals surface area contributed by atoms with Gasteiger partial charge < -0.3 is 15.4 Å². The Morgan fingerprint density at radius 2 is 2.28 bits per heavy atom. The van der Waals surface area contributed by atoms with E-state index in [0.717, 1.165) is 11.3 Å². The van der Waals surface area contributed by atoms with E-state index in [2.05, 4.69) is 4.98 Å². The number of pyridine rings is 1. The fourth-order valence-electron chi connectivity index (χ4n) is 1.79. The summed E-state index contributed by atoms with van der Waals surface area (Å²) in [6.45, 7) is 0.669. The van der Waals surface area contributed by atoms with Gasteiger partial charge in [-0.1, -0.05) is 6.07 Å². The highest BCUT2D eigenvalue weighted by atomic mass is 16.4. The van der Waals surface area contributed by atoms with E-state index in [1.54, 1.807) is 12.4 Å². The topological polar surface area (TPSA) is 81.1 Å². The number of carboxylic acid groups (broad SMARTS) is 1. The molecule has 0 bridgehead atoms. The minimum Gasteiger partial charge on any atom is -0.480 e. The van der Waals surface area contributed by atoms with E-state index in [9.17, 15) is 4.79 Å². The van der Waals surface area contributed by atoms with Gasteiger partial charge in [0.15, 0.2) is 0 Å². The molecule has 2 aromatic rings. The van der Waals surface area contributed by atoms with E-state index < -0.39 is 12.0 Å². The Morgan fingerprint density at radius 1 is 1.44 bits per heavy atom. The normalized spacial score (nSPS) is 12.3. The van der Waals surface area contributed by atoms with Gasteiger partial charge in [-0.15, -0.1) is 0 Å². The molecule has 0 aliphatic heterocycles. The first-order valence-corrected chi connectivity index (χ1v) is 5.68. The molecule has 2 heterocycles. The Labute approximate surface area is 105 Å². The number of rotatable bonds is 5. The summed E-state index contributed by atoms with van der Waals surface area (Å²) in [4.78, 5) is 14.8. The zero-order chi connectivity index (χ0) is 13.0.